The van der Waals surface area contributed by atoms with Crippen molar-refractivity contribution in [1.82, 2.24) is 0 Å². The molecule has 3 nitrogen and oxygen atoms in total. The molecule has 0 radical (unpaired) electrons. The summed E-state index contributed by atoms with van der Waals surface area (Å²) in [7, 11) is 0. The van der Waals surface area contributed by atoms with Gasteiger partial charge in [0, 0.05) is 0 Å². The SMILES string of the molecule is C(=NOCc1ccccc1)c1ccco1. The second-order valence-electron chi connectivity index (χ2n) is 3.01. The fraction of sp³-hybridized carbons (Fsp3) is 0.0833. The molecule has 0 saturated heterocycles. The summed E-state index contributed by atoms with van der Waals surface area (Å²) in [5, 5.41) is 3.79. The van der Waals surface area contributed by atoms with Crippen LogP contribution < -0.4 is 0 Å². The van der Waals surface area contributed by atoms with Gasteiger partial charge in [-0.1, -0.05) is 35.5 Å². The lowest BCUT2D eigenvalue weighted by Crippen LogP contribution is -1.86. The van der Waals surface area contributed by atoms with Gasteiger partial charge in [0.15, 0.2) is 0 Å². The zero-order valence-corrected chi connectivity index (χ0v) is 8.17. The summed E-state index contributed by atoms with van der Waals surface area (Å²) in [6.45, 7) is 0.470. The van der Waals surface area contributed by atoms with Gasteiger partial charge in [0.25, 0.3) is 0 Å². The van der Waals surface area contributed by atoms with Gasteiger partial charge in [-0.25, -0.2) is 0 Å². The average Bonchev–Trinajstić information content (AvgIpc) is 2.79. The van der Waals surface area contributed by atoms with Crippen molar-refractivity contribution in [3.8, 4) is 0 Å². The second-order valence-corrected chi connectivity index (χ2v) is 3.01. The molecule has 0 aliphatic heterocycles. The van der Waals surface area contributed by atoms with Crippen molar-refractivity contribution in [2.75, 3.05) is 0 Å². The predicted octanol–water partition coefficient (Wildman–Crippen LogP) is 2.83. The van der Waals surface area contributed by atoms with E-state index in [1.54, 1.807) is 18.5 Å². The molecule has 0 bridgehead atoms. The van der Waals surface area contributed by atoms with Crippen LogP contribution in [0.1, 0.15) is 11.3 Å². The number of furan rings is 1. The molecular weight excluding hydrogens is 190 g/mol. The van der Waals surface area contributed by atoms with Crippen molar-refractivity contribution >= 4 is 6.21 Å². The summed E-state index contributed by atoms with van der Waals surface area (Å²) < 4.78 is 5.06. The van der Waals surface area contributed by atoms with Crippen LogP contribution in [0.2, 0.25) is 0 Å². The molecule has 0 amide bonds. The molecule has 0 unspecified atom stereocenters. The van der Waals surface area contributed by atoms with Gasteiger partial charge in [-0.05, 0) is 17.7 Å². The van der Waals surface area contributed by atoms with Crippen molar-refractivity contribution in [2.24, 2.45) is 5.16 Å². The molecular formula is C12H11NO2. The van der Waals surface area contributed by atoms with Gasteiger partial charge < -0.3 is 9.25 Å². The van der Waals surface area contributed by atoms with Crippen LogP contribution in [0.15, 0.2) is 58.3 Å². The molecule has 2 aromatic rings. The fourth-order valence-electron chi connectivity index (χ4n) is 1.14. The van der Waals surface area contributed by atoms with Crippen LogP contribution in [0.25, 0.3) is 0 Å². The largest absolute Gasteiger partial charge is 0.463 e. The van der Waals surface area contributed by atoms with Crippen molar-refractivity contribution in [2.45, 2.75) is 6.61 Å². The molecule has 0 N–H and O–H groups in total. The van der Waals surface area contributed by atoms with Gasteiger partial charge in [0.2, 0.25) is 0 Å². The molecule has 3 heteroatoms. The summed E-state index contributed by atoms with van der Waals surface area (Å²) in [4.78, 5) is 5.10. The summed E-state index contributed by atoms with van der Waals surface area (Å²) >= 11 is 0. The predicted molar refractivity (Wildman–Crippen MR) is 57.5 cm³/mol. The molecule has 0 saturated carbocycles. The second kappa shape index (κ2) is 5.00. The lowest BCUT2D eigenvalue weighted by molar-refractivity contribution is 0.132. The molecule has 1 aromatic carbocycles. The van der Waals surface area contributed by atoms with E-state index in [2.05, 4.69) is 5.16 Å². The molecule has 15 heavy (non-hydrogen) atoms. The molecule has 0 aliphatic rings. The first-order chi connectivity index (χ1) is 7.45. The normalized spacial score (nSPS) is 10.7. The van der Waals surface area contributed by atoms with E-state index >= 15 is 0 Å². The van der Waals surface area contributed by atoms with E-state index in [1.165, 1.54) is 0 Å². The first kappa shape index (κ1) is 9.52. The maximum Gasteiger partial charge on any atom is 0.148 e. The van der Waals surface area contributed by atoms with E-state index in [9.17, 15) is 0 Å². The molecule has 1 aromatic heterocycles. The van der Waals surface area contributed by atoms with Crippen LogP contribution >= 0.6 is 0 Å². The minimum atomic E-state index is 0.470. The Kier molecular flexibility index (Phi) is 3.18. The monoisotopic (exact) mass is 201 g/mol. The molecule has 0 atom stereocenters. The minimum absolute atomic E-state index is 0.470. The zero-order chi connectivity index (χ0) is 10.3. The topological polar surface area (TPSA) is 34.7 Å². The maximum atomic E-state index is 5.10. The first-order valence-corrected chi connectivity index (χ1v) is 4.68. The third-order valence-electron chi connectivity index (χ3n) is 1.87. The highest BCUT2D eigenvalue weighted by Gasteiger charge is 1.90. The Bertz CT molecular complexity index is 406. The quantitative estimate of drug-likeness (QED) is 0.563. The van der Waals surface area contributed by atoms with E-state index in [1.807, 2.05) is 36.4 Å². The van der Waals surface area contributed by atoms with Gasteiger partial charge in [0.05, 0.1) is 6.26 Å². The number of rotatable bonds is 4. The van der Waals surface area contributed by atoms with Gasteiger partial charge in [-0.3, -0.25) is 0 Å². The van der Waals surface area contributed by atoms with E-state index < -0.39 is 0 Å². The maximum absolute atomic E-state index is 5.10. The lowest BCUT2D eigenvalue weighted by atomic mass is 10.2. The highest BCUT2D eigenvalue weighted by atomic mass is 16.6. The average molecular weight is 201 g/mol. The third-order valence-corrected chi connectivity index (χ3v) is 1.87. The minimum Gasteiger partial charge on any atom is -0.463 e. The Morgan fingerprint density at radius 1 is 1.13 bits per heavy atom. The Hall–Kier alpha value is -2.03. The van der Waals surface area contributed by atoms with E-state index in [4.69, 9.17) is 9.25 Å². The van der Waals surface area contributed by atoms with Gasteiger partial charge >= 0.3 is 0 Å². The number of hydrogen-bond acceptors (Lipinski definition) is 3. The van der Waals surface area contributed by atoms with Crippen LogP contribution in [0.5, 0.6) is 0 Å². The number of benzene rings is 1. The van der Waals surface area contributed by atoms with Crippen LogP contribution in [-0.2, 0) is 11.4 Å². The van der Waals surface area contributed by atoms with Crippen molar-refractivity contribution in [3.05, 3.63) is 60.1 Å². The van der Waals surface area contributed by atoms with Crippen LogP contribution in [0, 0.1) is 0 Å². The molecule has 2 rings (SSSR count). The Balaban J connectivity index is 1.80. The fourth-order valence-corrected chi connectivity index (χ4v) is 1.14. The van der Waals surface area contributed by atoms with Crippen LogP contribution in [0.3, 0.4) is 0 Å². The number of oxime groups is 1. The smallest absolute Gasteiger partial charge is 0.148 e. The molecule has 76 valence electrons. The van der Waals surface area contributed by atoms with Crippen molar-refractivity contribution < 1.29 is 9.25 Å². The highest BCUT2D eigenvalue weighted by molar-refractivity contribution is 5.74. The molecule has 0 aliphatic carbocycles. The Labute approximate surface area is 88.0 Å². The molecule has 1 heterocycles. The number of nitrogens with zero attached hydrogens (tertiary/aromatic N) is 1. The first-order valence-electron chi connectivity index (χ1n) is 4.68. The summed E-state index contributed by atoms with van der Waals surface area (Å²) in [6.07, 6.45) is 3.14. The standard InChI is InChI=1S/C12H11NO2/c1-2-5-11(6-3-1)10-15-13-9-12-7-4-8-14-12/h1-9H,10H2. The van der Waals surface area contributed by atoms with E-state index in [0.717, 1.165) is 5.56 Å². The van der Waals surface area contributed by atoms with Gasteiger partial charge in [0.1, 0.15) is 18.6 Å². The van der Waals surface area contributed by atoms with Gasteiger partial charge in [-0.2, -0.15) is 0 Å². The molecule has 0 fully saturated rings. The van der Waals surface area contributed by atoms with Crippen molar-refractivity contribution in [1.29, 1.82) is 0 Å². The summed E-state index contributed by atoms with van der Waals surface area (Å²) in [5.74, 6) is 0.683. The van der Waals surface area contributed by atoms with Crippen LogP contribution in [0.4, 0.5) is 0 Å². The van der Waals surface area contributed by atoms with E-state index in [0.29, 0.717) is 12.4 Å². The van der Waals surface area contributed by atoms with Crippen LogP contribution in [-0.4, -0.2) is 6.21 Å². The lowest BCUT2D eigenvalue weighted by Gasteiger charge is -1.97. The summed E-state index contributed by atoms with van der Waals surface area (Å²) in [6, 6.07) is 13.5. The van der Waals surface area contributed by atoms with Gasteiger partial charge in [-0.15, -0.1) is 0 Å². The summed E-state index contributed by atoms with van der Waals surface area (Å²) in [5.41, 5.74) is 1.09. The molecule has 0 spiro atoms. The third kappa shape index (κ3) is 2.98. The Morgan fingerprint density at radius 2 is 2.00 bits per heavy atom. The van der Waals surface area contributed by atoms with Crippen molar-refractivity contribution in [3.63, 3.8) is 0 Å². The Morgan fingerprint density at radius 3 is 2.73 bits per heavy atom. The zero-order valence-electron chi connectivity index (χ0n) is 8.17. The number of hydrogen-bond donors (Lipinski definition) is 0. The highest BCUT2D eigenvalue weighted by Crippen LogP contribution is 2.01. The van der Waals surface area contributed by atoms with E-state index in [-0.39, 0.29) is 0 Å².